The standard InChI is InChI=1S/C26H21ClF4N2O4S/c27-19-5-1-13(25(34)33-17-10-20(29)24(31)21(30)11-17)7-22(19)38(36,37)18-8-14-2-3-15(9-18)26(14,35)23-6-4-16(28)12-32-23/h1,4-7,10-12,14-15,18,35H,2-3,8-9H2,(H,33,34)/t14?,15?,18-,26-. The van der Waals surface area contributed by atoms with Crippen molar-refractivity contribution in [3.8, 4) is 0 Å². The largest absolute Gasteiger partial charge is 0.383 e. The van der Waals surface area contributed by atoms with Gasteiger partial charge in [-0.25, -0.2) is 26.0 Å². The SMILES string of the molecule is O=C(Nc1cc(F)c(F)c(F)c1)c1ccc(Cl)c(S(=O)(=O)[C@H]2CC3CCC(C2)[C@]3(O)c2ccc(F)cn2)c1. The van der Waals surface area contributed by atoms with Crippen molar-refractivity contribution in [1.29, 1.82) is 0 Å². The van der Waals surface area contributed by atoms with E-state index in [0.717, 1.165) is 12.3 Å². The second-order valence-electron chi connectivity index (χ2n) is 9.65. The number of carbonyl (C=O) groups excluding carboxylic acids is 1. The van der Waals surface area contributed by atoms with Gasteiger partial charge >= 0.3 is 0 Å². The predicted molar refractivity (Wildman–Crippen MR) is 130 cm³/mol. The number of amides is 1. The van der Waals surface area contributed by atoms with Crippen LogP contribution in [0.25, 0.3) is 0 Å². The summed E-state index contributed by atoms with van der Waals surface area (Å²) >= 11 is 6.23. The number of rotatable bonds is 5. The van der Waals surface area contributed by atoms with Gasteiger partial charge in [0.2, 0.25) is 0 Å². The molecule has 1 aromatic heterocycles. The van der Waals surface area contributed by atoms with Gasteiger partial charge in [-0.15, -0.1) is 0 Å². The van der Waals surface area contributed by atoms with Crippen molar-refractivity contribution in [2.75, 3.05) is 5.32 Å². The first kappa shape index (κ1) is 26.6. The lowest BCUT2D eigenvalue weighted by Crippen LogP contribution is -2.46. The van der Waals surface area contributed by atoms with E-state index in [4.69, 9.17) is 11.6 Å². The minimum absolute atomic E-state index is 0.106. The molecule has 12 heteroatoms. The van der Waals surface area contributed by atoms with Crippen molar-refractivity contribution in [3.63, 3.8) is 0 Å². The number of nitrogens with zero attached hydrogens (tertiary/aromatic N) is 1. The van der Waals surface area contributed by atoms with Crippen LogP contribution >= 0.6 is 11.6 Å². The summed E-state index contributed by atoms with van der Waals surface area (Å²) in [5.41, 5.74) is -1.59. The molecule has 2 aliphatic rings. The summed E-state index contributed by atoms with van der Waals surface area (Å²) in [6.07, 6.45) is 2.35. The van der Waals surface area contributed by atoms with Gasteiger partial charge in [0.25, 0.3) is 5.91 Å². The number of fused-ring (bicyclic) bond motifs is 2. The number of anilines is 1. The number of aromatic nitrogens is 1. The lowest BCUT2D eigenvalue weighted by atomic mass is 9.72. The van der Waals surface area contributed by atoms with Crippen molar-refractivity contribution in [2.24, 2.45) is 11.8 Å². The summed E-state index contributed by atoms with van der Waals surface area (Å²) in [5.74, 6) is -6.99. The van der Waals surface area contributed by atoms with Gasteiger partial charge in [-0.2, -0.15) is 0 Å². The second kappa shape index (κ2) is 9.62. The van der Waals surface area contributed by atoms with Crippen LogP contribution in [0.2, 0.25) is 5.02 Å². The van der Waals surface area contributed by atoms with E-state index in [-0.39, 0.29) is 34.0 Å². The molecule has 2 unspecified atom stereocenters. The van der Waals surface area contributed by atoms with Crippen LogP contribution in [0.3, 0.4) is 0 Å². The van der Waals surface area contributed by atoms with E-state index in [1.807, 2.05) is 0 Å². The lowest BCUT2D eigenvalue weighted by Gasteiger charge is -2.42. The monoisotopic (exact) mass is 568 g/mol. The fourth-order valence-electron chi connectivity index (χ4n) is 5.66. The second-order valence-corrected chi connectivity index (χ2v) is 12.3. The molecular weight excluding hydrogens is 548 g/mol. The normalized spacial score (nSPS) is 24.8. The number of pyridine rings is 1. The van der Waals surface area contributed by atoms with Crippen molar-refractivity contribution in [1.82, 2.24) is 4.98 Å². The zero-order valence-electron chi connectivity index (χ0n) is 19.6. The first-order chi connectivity index (χ1) is 17.9. The fourth-order valence-corrected chi connectivity index (χ4v) is 8.06. The zero-order chi connectivity index (χ0) is 27.4. The molecule has 38 heavy (non-hydrogen) atoms. The average molecular weight is 569 g/mol. The third-order valence-electron chi connectivity index (χ3n) is 7.52. The summed E-state index contributed by atoms with van der Waals surface area (Å²) in [4.78, 5) is 16.5. The molecule has 0 saturated heterocycles. The van der Waals surface area contributed by atoms with Crippen LogP contribution in [-0.4, -0.2) is 29.7 Å². The van der Waals surface area contributed by atoms with Crippen LogP contribution in [0.4, 0.5) is 23.2 Å². The first-order valence-electron chi connectivity index (χ1n) is 11.7. The highest BCUT2D eigenvalue weighted by Gasteiger charge is 2.57. The first-order valence-corrected chi connectivity index (χ1v) is 13.7. The van der Waals surface area contributed by atoms with Gasteiger partial charge in [0.05, 0.1) is 27.1 Å². The molecular formula is C26H21ClF4N2O4S. The highest BCUT2D eigenvalue weighted by atomic mass is 35.5. The van der Waals surface area contributed by atoms with Crippen molar-refractivity contribution < 1.29 is 35.9 Å². The van der Waals surface area contributed by atoms with Gasteiger partial charge < -0.3 is 10.4 Å². The van der Waals surface area contributed by atoms with Gasteiger partial charge in [0.15, 0.2) is 27.3 Å². The highest BCUT2D eigenvalue weighted by Crippen LogP contribution is 2.56. The molecule has 0 aliphatic heterocycles. The molecule has 5 rings (SSSR count). The number of carbonyl (C=O) groups is 1. The number of halogens is 5. The molecule has 2 atom stereocenters. The maximum absolute atomic E-state index is 13.7. The van der Waals surface area contributed by atoms with Crippen LogP contribution < -0.4 is 5.32 Å². The Bertz CT molecular complexity index is 1500. The quantitative estimate of drug-likeness (QED) is 0.318. The molecule has 2 saturated carbocycles. The van der Waals surface area contributed by atoms with E-state index in [0.29, 0.717) is 30.7 Å². The van der Waals surface area contributed by atoms with E-state index in [2.05, 4.69) is 10.3 Å². The third kappa shape index (κ3) is 4.46. The van der Waals surface area contributed by atoms with E-state index >= 15 is 0 Å². The average Bonchev–Trinajstić information content (AvgIpc) is 3.04. The van der Waals surface area contributed by atoms with E-state index in [1.165, 1.54) is 24.3 Å². The van der Waals surface area contributed by atoms with Crippen molar-refractivity contribution in [2.45, 2.75) is 41.4 Å². The molecule has 1 heterocycles. The number of nitrogens with one attached hydrogen (secondary N) is 1. The minimum atomic E-state index is -4.08. The Morgan fingerprint density at radius 1 is 1.00 bits per heavy atom. The number of sulfone groups is 1. The molecule has 6 nitrogen and oxygen atoms in total. The Balaban J connectivity index is 1.40. The summed E-state index contributed by atoms with van der Waals surface area (Å²) in [7, 11) is -4.08. The van der Waals surface area contributed by atoms with Crippen LogP contribution in [0.1, 0.15) is 41.7 Å². The maximum atomic E-state index is 13.7. The summed E-state index contributed by atoms with van der Waals surface area (Å²) in [5, 5.41) is 12.7. The molecule has 200 valence electrons. The van der Waals surface area contributed by atoms with Crippen LogP contribution in [0.5, 0.6) is 0 Å². The molecule has 2 fully saturated rings. The summed E-state index contributed by atoms with van der Waals surface area (Å²) < 4.78 is 81.0. The van der Waals surface area contributed by atoms with Crippen molar-refractivity contribution in [3.05, 3.63) is 88.2 Å². The van der Waals surface area contributed by atoms with Gasteiger partial charge in [0, 0.05) is 23.4 Å². The summed E-state index contributed by atoms with van der Waals surface area (Å²) in [6, 6.07) is 7.35. The van der Waals surface area contributed by atoms with Crippen molar-refractivity contribution >= 4 is 33.0 Å². The van der Waals surface area contributed by atoms with E-state index in [1.54, 1.807) is 0 Å². The minimum Gasteiger partial charge on any atom is -0.383 e. The van der Waals surface area contributed by atoms with Crippen LogP contribution in [0, 0.1) is 35.1 Å². The Hall–Kier alpha value is -3.02. The summed E-state index contributed by atoms with van der Waals surface area (Å²) in [6.45, 7) is 0. The zero-order valence-corrected chi connectivity index (χ0v) is 21.2. The van der Waals surface area contributed by atoms with Crippen LogP contribution in [0.15, 0.2) is 53.6 Å². The predicted octanol–water partition coefficient (Wildman–Crippen LogP) is 5.39. The van der Waals surface area contributed by atoms with Gasteiger partial charge in [-0.05, 0) is 67.9 Å². The lowest BCUT2D eigenvalue weighted by molar-refractivity contribution is -0.0682. The number of hydrogen-bond acceptors (Lipinski definition) is 5. The Kier molecular flexibility index (Phi) is 6.73. The molecule has 0 spiro atoms. The fraction of sp³-hybridized carbons (Fsp3) is 0.308. The van der Waals surface area contributed by atoms with Gasteiger partial charge in [-0.1, -0.05) is 11.6 Å². The van der Waals surface area contributed by atoms with Gasteiger partial charge in [0.1, 0.15) is 11.4 Å². The molecule has 2 aromatic carbocycles. The smallest absolute Gasteiger partial charge is 0.255 e. The number of aliphatic hydroxyl groups is 1. The van der Waals surface area contributed by atoms with Gasteiger partial charge in [-0.3, -0.25) is 9.78 Å². The highest BCUT2D eigenvalue weighted by molar-refractivity contribution is 7.92. The number of benzene rings is 2. The topological polar surface area (TPSA) is 96.4 Å². The maximum Gasteiger partial charge on any atom is 0.255 e. The Morgan fingerprint density at radius 2 is 1.63 bits per heavy atom. The Morgan fingerprint density at radius 3 is 2.21 bits per heavy atom. The third-order valence-corrected chi connectivity index (χ3v) is 10.2. The molecule has 3 aromatic rings. The molecule has 0 radical (unpaired) electrons. The molecule has 2 N–H and O–H groups in total. The molecule has 2 aliphatic carbocycles. The van der Waals surface area contributed by atoms with E-state index < -0.39 is 61.7 Å². The van der Waals surface area contributed by atoms with E-state index in [9.17, 15) is 35.9 Å². The molecule has 1 amide bonds. The number of hydrogen-bond donors (Lipinski definition) is 2. The van der Waals surface area contributed by atoms with Crippen LogP contribution in [-0.2, 0) is 15.4 Å². The molecule has 2 bridgehead atoms. The Labute approximate surface area is 220 Å².